The van der Waals surface area contributed by atoms with Crippen LogP contribution in [0.3, 0.4) is 0 Å². The first-order valence-electron chi connectivity index (χ1n) is 5.04. The molecule has 17 heavy (non-hydrogen) atoms. The molecule has 0 unspecified atom stereocenters. The number of aromatic hydroxyl groups is 1. The lowest BCUT2D eigenvalue weighted by Crippen LogP contribution is -1.99. The smallest absolute Gasteiger partial charge is 0.318 e. The first-order chi connectivity index (χ1) is 7.88. The average Bonchev–Trinajstić information content (AvgIpc) is 2.27. The van der Waals surface area contributed by atoms with Crippen molar-refractivity contribution in [3.05, 3.63) is 37.9 Å². The highest BCUT2D eigenvalue weighted by Crippen LogP contribution is 2.38. The summed E-state index contributed by atoms with van der Waals surface area (Å²) in [7, 11) is 0. The molecule has 7 nitrogen and oxygen atoms in total. The van der Waals surface area contributed by atoms with E-state index >= 15 is 0 Å². The van der Waals surface area contributed by atoms with Gasteiger partial charge in [-0.25, -0.2) is 0 Å². The Morgan fingerprint density at radius 2 is 1.65 bits per heavy atom. The van der Waals surface area contributed by atoms with Crippen LogP contribution in [0.4, 0.5) is 11.4 Å². The molecule has 0 saturated carbocycles. The Morgan fingerprint density at radius 1 is 1.24 bits per heavy atom. The Kier molecular flexibility index (Phi) is 3.62. The van der Waals surface area contributed by atoms with Crippen molar-refractivity contribution in [2.24, 2.45) is 0 Å². The molecule has 1 rings (SSSR count). The summed E-state index contributed by atoms with van der Waals surface area (Å²) < 4.78 is 0. The van der Waals surface area contributed by atoms with Gasteiger partial charge in [0.15, 0.2) is 0 Å². The molecule has 0 radical (unpaired) electrons. The number of nitrogens with zero attached hydrogens (tertiary/aromatic N) is 2. The van der Waals surface area contributed by atoms with Crippen molar-refractivity contribution in [2.45, 2.75) is 26.2 Å². The average molecular weight is 240 g/mol. The van der Waals surface area contributed by atoms with Crippen molar-refractivity contribution in [1.29, 1.82) is 0 Å². The summed E-state index contributed by atoms with van der Waals surface area (Å²) in [4.78, 5) is 19.7. The zero-order chi connectivity index (χ0) is 13.2. The van der Waals surface area contributed by atoms with Gasteiger partial charge in [-0.05, 0) is 17.9 Å². The summed E-state index contributed by atoms with van der Waals surface area (Å²) in [6.45, 7) is 3.68. The van der Waals surface area contributed by atoms with Gasteiger partial charge in [0, 0.05) is 12.1 Å². The van der Waals surface area contributed by atoms with Crippen LogP contribution in [0.1, 0.15) is 31.7 Å². The van der Waals surface area contributed by atoms with E-state index in [2.05, 4.69) is 0 Å². The maximum atomic E-state index is 10.7. The molecule has 0 spiro atoms. The van der Waals surface area contributed by atoms with E-state index in [-0.39, 0.29) is 5.92 Å². The van der Waals surface area contributed by atoms with E-state index in [0.29, 0.717) is 12.0 Å². The quantitative estimate of drug-likeness (QED) is 0.643. The van der Waals surface area contributed by atoms with Gasteiger partial charge in [-0.15, -0.1) is 0 Å². The van der Waals surface area contributed by atoms with Crippen LogP contribution in [0, 0.1) is 20.2 Å². The molecular formula is C10H12N2O5. The summed E-state index contributed by atoms with van der Waals surface area (Å²) in [5.74, 6) is -0.944. The second kappa shape index (κ2) is 4.77. The zero-order valence-corrected chi connectivity index (χ0v) is 9.41. The number of hydrogen-bond acceptors (Lipinski definition) is 5. The van der Waals surface area contributed by atoms with Gasteiger partial charge in [0.25, 0.3) is 5.75 Å². The molecule has 0 aliphatic heterocycles. The van der Waals surface area contributed by atoms with Crippen LogP contribution >= 0.6 is 0 Å². The van der Waals surface area contributed by atoms with Crippen LogP contribution in [0.2, 0.25) is 0 Å². The van der Waals surface area contributed by atoms with Gasteiger partial charge in [0.2, 0.25) is 0 Å². The molecule has 1 aromatic carbocycles. The highest BCUT2D eigenvalue weighted by Gasteiger charge is 2.27. The third-order valence-electron chi connectivity index (χ3n) is 2.67. The van der Waals surface area contributed by atoms with Crippen molar-refractivity contribution in [3.63, 3.8) is 0 Å². The fourth-order valence-electron chi connectivity index (χ4n) is 1.42. The Bertz CT molecular complexity index is 437. The highest BCUT2D eigenvalue weighted by atomic mass is 16.6. The zero-order valence-electron chi connectivity index (χ0n) is 9.41. The number of phenols is 1. The number of hydrogen-bond donors (Lipinski definition) is 1. The van der Waals surface area contributed by atoms with Crippen LogP contribution in [0.25, 0.3) is 0 Å². The molecule has 0 amide bonds. The van der Waals surface area contributed by atoms with Gasteiger partial charge >= 0.3 is 11.4 Å². The highest BCUT2D eigenvalue weighted by molar-refractivity contribution is 5.61. The van der Waals surface area contributed by atoms with E-state index in [4.69, 9.17) is 0 Å². The Labute approximate surface area is 97.0 Å². The summed E-state index contributed by atoms with van der Waals surface area (Å²) in [6.07, 6.45) is 0.694. The number of phenolic OH excluding ortho intramolecular Hbond substituents is 1. The van der Waals surface area contributed by atoms with Crippen LogP contribution < -0.4 is 0 Å². The summed E-state index contributed by atoms with van der Waals surface area (Å²) in [5, 5.41) is 30.8. The third kappa shape index (κ3) is 2.49. The van der Waals surface area contributed by atoms with Crippen molar-refractivity contribution in [1.82, 2.24) is 0 Å². The van der Waals surface area contributed by atoms with Crippen LogP contribution in [-0.2, 0) is 0 Å². The predicted molar refractivity (Wildman–Crippen MR) is 60.1 cm³/mol. The maximum absolute atomic E-state index is 10.7. The van der Waals surface area contributed by atoms with Gasteiger partial charge in [-0.1, -0.05) is 13.8 Å². The normalized spacial score (nSPS) is 12.1. The van der Waals surface area contributed by atoms with E-state index in [1.54, 1.807) is 6.92 Å². The van der Waals surface area contributed by atoms with Gasteiger partial charge < -0.3 is 5.11 Å². The second-order valence-electron chi connectivity index (χ2n) is 3.73. The summed E-state index contributed by atoms with van der Waals surface area (Å²) in [6, 6.07) is 2.35. The van der Waals surface area contributed by atoms with E-state index in [1.807, 2.05) is 6.92 Å². The fourth-order valence-corrected chi connectivity index (χ4v) is 1.42. The van der Waals surface area contributed by atoms with Gasteiger partial charge in [-0.2, -0.15) is 0 Å². The number of rotatable bonds is 4. The second-order valence-corrected chi connectivity index (χ2v) is 3.73. The minimum absolute atomic E-state index is 0.0481. The molecular weight excluding hydrogens is 228 g/mol. The topological polar surface area (TPSA) is 107 Å². The largest absolute Gasteiger partial charge is 0.497 e. The molecule has 0 bridgehead atoms. The van der Waals surface area contributed by atoms with Gasteiger partial charge in [0.05, 0.1) is 9.85 Å². The van der Waals surface area contributed by atoms with Crippen LogP contribution in [0.5, 0.6) is 5.75 Å². The SMILES string of the molecule is CC[C@H](C)c1cc([N+](=O)[O-])c(O)c([N+](=O)[O-])c1. The van der Waals surface area contributed by atoms with E-state index in [0.717, 1.165) is 0 Å². The molecule has 1 atom stereocenters. The minimum Gasteiger partial charge on any atom is -0.497 e. The lowest BCUT2D eigenvalue weighted by Gasteiger charge is -2.09. The number of benzene rings is 1. The van der Waals surface area contributed by atoms with E-state index in [9.17, 15) is 25.3 Å². The fraction of sp³-hybridized carbons (Fsp3) is 0.400. The first kappa shape index (κ1) is 12.9. The van der Waals surface area contributed by atoms with Gasteiger partial charge in [-0.3, -0.25) is 20.2 Å². The molecule has 1 aromatic rings. The molecule has 0 aromatic heterocycles. The van der Waals surface area contributed by atoms with E-state index in [1.165, 1.54) is 12.1 Å². The Hall–Kier alpha value is -2.18. The van der Waals surface area contributed by atoms with Crippen molar-refractivity contribution in [3.8, 4) is 5.75 Å². The lowest BCUT2D eigenvalue weighted by molar-refractivity contribution is -0.396. The van der Waals surface area contributed by atoms with E-state index < -0.39 is 27.0 Å². The molecule has 0 heterocycles. The molecule has 1 N–H and O–H groups in total. The number of nitro benzene ring substituents is 2. The molecule has 0 aliphatic carbocycles. The molecule has 7 heteroatoms. The van der Waals surface area contributed by atoms with Crippen LogP contribution in [0.15, 0.2) is 12.1 Å². The predicted octanol–water partition coefficient (Wildman–Crippen LogP) is 2.72. The molecule has 0 fully saturated rings. The monoisotopic (exact) mass is 240 g/mol. The summed E-state index contributed by atoms with van der Waals surface area (Å²) >= 11 is 0. The Balaban J connectivity index is 3.47. The molecule has 0 saturated heterocycles. The van der Waals surface area contributed by atoms with Crippen molar-refractivity contribution in [2.75, 3.05) is 0 Å². The van der Waals surface area contributed by atoms with Crippen molar-refractivity contribution >= 4 is 11.4 Å². The minimum atomic E-state index is -0.896. The number of nitro groups is 2. The molecule has 92 valence electrons. The molecule has 0 aliphatic rings. The Morgan fingerprint density at radius 3 is 1.94 bits per heavy atom. The summed E-state index contributed by atoms with van der Waals surface area (Å²) in [5.41, 5.74) is -0.785. The third-order valence-corrected chi connectivity index (χ3v) is 2.67. The standard InChI is InChI=1S/C10H12N2O5/c1-3-6(2)7-4-8(11(14)15)10(13)9(5-7)12(16)17/h4-6,13H,3H2,1-2H3/t6-/m0/s1. The van der Waals surface area contributed by atoms with Crippen LogP contribution in [-0.4, -0.2) is 15.0 Å². The van der Waals surface area contributed by atoms with Gasteiger partial charge in [0.1, 0.15) is 0 Å². The maximum Gasteiger partial charge on any atom is 0.318 e. The lowest BCUT2D eigenvalue weighted by atomic mass is 9.97. The van der Waals surface area contributed by atoms with Crippen molar-refractivity contribution < 1.29 is 15.0 Å². The first-order valence-corrected chi connectivity index (χ1v) is 5.04.